The number of hydrogen-bond acceptors (Lipinski definition) is 4. The van der Waals surface area contributed by atoms with Crippen LogP contribution in [0.1, 0.15) is 22.3 Å². The van der Waals surface area contributed by atoms with Crippen LogP contribution < -0.4 is 15.6 Å². The van der Waals surface area contributed by atoms with Gasteiger partial charge < -0.3 is 9.88 Å². The van der Waals surface area contributed by atoms with E-state index in [0.717, 1.165) is 5.56 Å². The lowest BCUT2D eigenvalue weighted by molar-refractivity contribution is 0.0951. The molecule has 1 aromatic heterocycles. The van der Waals surface area contributed by atoms with Crippen LogP contribution in [-0.2, 0) is 17.1 Å². The normalized spacial score (nSPS) is 11.3. The molecule has 0 spiro atoms. The molecule has 0 aliphatic heterocycles. The number of rotatable bonds is 7. The van der Waals surface area contributed by atoms with Gasteiger partial charge in [0.1, 0.15) is 5.56 Å². The maximum atomic E-state index is 12.1. The largest absolute Gasteiger partial charge is 0.352 e. The van der Waals surface area contributed by atoms with Crippen molar-refractivity contribution in [1.82, 2.24) is 14.6 Å². The van der Waals surface area contributed by atoms with Crippen molar-refractivity contribution in [3.05, 3.63) is 64.1 Å². The molecule has 0 bridgehead atoms. The number of carbonyl (C=O) groups excluding carboxylic acids is 1. The molecule has 0 fully saturated rings. The molecule has 0 aliphatic rings. The van der Waals surface area contributed by atoms with Crippen LogP contribution in [-0.4, -0.2) is 32.0 Å². The van der Waals surface area contributed by atoms with Crippen LogP contribution in [0.25, 0.3) is 0 Å². The molecule has 2 N–H and O–H groups in total. The van der Waals surface area contributed by atoms with Crippen molar-refractivity contribution in [3.8, 4) is 0 Å². The average molecular weight is 363 g/mol. The first-order chi connectivity index (χ1) is 11.8. The van der Waals surface area contributed by atoms with Gasteiger partial charge in [0, 0.05) is 26.3 Å². The number of benzene rings is 1. The molecule has 7 nitrogen and oxygen atoms in total. The zero-order chi connectivity index (χ0) is 18.4. The van der Waals surface area contributed by atoms with Crippen molar-refractivity contribution < 1.29 is 13.2 Å². The lowest BCUT2D eigenvalue weighted by atomic mass is 10.2. The fourth-order valence-corrected chi connectivity index (χ4v) is 3.24. The minimum atomic E-state index is -3.56. The molecular formula is C17H21N3O4S. The molecule has 0 unspecified atom stereocenters. The Morgan fingerprint density at radius 3 is 2.48 bits per heavy atom. The molecule has 1 heterocycles. The summed E-state index contributed by atoms with van der Waals surface area (Å²) in [6.07, 6.45) is 1.98. The molecule has 0 saturated heterocycles. The lowest BCUT2D eigenvalue weighted by Crippen LogP contribution is -2.34. The maximum absolute atomic E-state index is 12.1. The third kappa shape index (κ3) is 5.01. The summed E-state index contributed by atoms with van der Waals surface area (Å²) < 4.78 is 28.0. The van der Waals surface area contributed by atoms with Gasteiger partial charge in [-0.05, 0) is 37.6 Å². The van der Waals surface area contributed by atoms with Crippen LogP contribution in [0.4, 0.5) is 0 Å². The van der Waals surface area contributed by atoms with E-state index in [1.54, 1.807) is 43.6 Å². The highest BCUT2D eigenvalue weighted by molar-refractivity contribution is 7.89. The fourth-order valence-electron chi connectivity index (χ4n) is 2.16. The summed E-state index contributed by atoms with van der Waals surface area (Å²) in [5.41, 5.74) is 0.666. The Balaban J connectivity index is 1.81. The van der Waals surface area contributed by atoms with Crippen LogP contribution in [0.5, 0.6) is 0 Å². The number of nitrogens with zero attached hydrogens (tertiary/aromatic N) is 1. The molecule has 0 aliphatic carbocycles. The van der Waals surface area contributed by atoms with Gasteiger partial charge in [-0.2, -0.15) is 0 Å². The van der Waals surface area contributed by atoms with Gasteiger partial charge in [0.15, 0.2) is 0 Å². The van der Waals surface area contributed by atoms with Crippen LogP contribution >= 0.6 is 0 Å². The first-order valence-electron chi connectivity index (χ1n) is 7.81. The van der Waals surface area contributed by atoms with Gasteiger partial charge in [0.2, 0.25) is 10.0 Å². The molecule has 25 heavy (non-hydrogen) atoms. The van der Waals surface area contributed by atoms with Crippen LogP contribution in [0.3, 0.4) is 0 Å². The molecule has 0 radical (unpaired) electrons. The van der Waals surface area contributed by atoms with E-state index in [1.807, 2.05) is 6.92 Å². The molecule has 2 rings (SSSR count). The van der Waals surface area contributed by atoms with Crippen LogP contribution in [0, 0.1) is 6.92 Å². The van der Waals surface area contributed by atoms with Crippen LogP contribution in [0.15, 0.2) is 52.3 Å². The summed E-state index contributed by atoms with van der Waals surface area (Å²) in [5, 5.41) is 2.61. The number of carbonyl (C=O) groups is 1. The highest BCUT2D eigenvalue weighted by Gasteiger charge is 2.13. The molecule has 8 heteroatoms. The van der Waals surface area contributed by atoms with Crippen molar-refractivity contribution in [2.75, 3.05) is 13.1 Å². The quantitative estimate of drug-likeness (QED) is 0.711. The van der Waals surface area contributed by atoms with Crippen molar-refractivity contribution in [2.45, 2.75) is 18.2 Å². The standard InChI is InChI=1S/C17H21N3O4S/c1-13-6-8-14(9-7-13)25(23,24)19-11-4-10-18-16(21)15-5-3-12-20(2)17(15)22/h3,5-9,12,19H,4,10-11H2,1-2H3,(H,18,21). The molecule has 0 saturated carbocycles. The maximum Gasteiger partial charge on any atom is 0.263 e. The number of nitrogens with one attached hydrogen (secondary N) is 2. The predicted molar refractivity (Wildman–Crippen MR) is 95.0 cm³/mol. The first kappa shape index (κ1) is 18.9. The smallest absolute Gasteiger partial charge is 0.263 e. The van der Waals surface area contributed by atoms with E-state index in [-0.39, 0.29) is 29.1 Å². The van der Waals surface area contributed by atoms with Gasteiger partial charge in [0.25, 0.3) is 11.5 Å². The minimum Gasteiger partial charge on any atom is -0.352 e. The number of pyridine rings is 1. The van der Waals surface area contributed by atoms with Crippen molar-refractivity contribution in [3.63, 3.8) is 0 Å². The van der Waals surface area contributed by atoms with E-state index in [4.69, 9.17) is 0 Å². The van der Waals surface area contributed by atoms with E-state index < -0.39 is 15.9 Å². The number of aryl methyl sites for hydroxylation is 2. The second kappa shape index (κ2) is 8.09. The third-order valence-electron chi connectivity index (χ3n) is 3.63. The fraction of sp³-hybridized carbons (Fsp3) is 0.294. The zero-order valence-electron chi connectivity index (χ0n) is 14.2. The average Bonchev–Trinajstić information content (AvgIpc) is 2.57. The zero-order valence-corrected chi connectivity index (χ0v) is 15.0. The second-order valence-electron chi connectivity index (χ2n) is 5.66. The summed E-state index contributed by atoms with van der Waals surface area (Å²) in [6, 6.07) is 9.63. The monoisotopic (exact) mass is 363 g/mol. The highest BCUT2D eigenvalue weighted by Crippen LogP contribution is 2.09. The second-order valence-corrected chi connectivity index (χ2v) is 7.43. The highest BCUT2D eigenvalue weighted by atomic mass is 32.2. The van der Waals surface area contributed by atoms with Gasteiger partial charge in [-0.3, -0.25) is 9.59 Å². The third-order valence-corrected chi connectivity index (χ3v) is 5.11. The van der Waals surface area contributed by atoms with E-state index in [9.17, 15) is 18.0 Å². The molecule has 1 aromatic carbocycles. The summed E-state index contributed by atoms with van der Waals surface area (Å²) in [4.78, 5) is 24.0. The Hall–Kier alpha value is -2.45. The molecular weight excluding hydrogens is 342 g/mol. The van der Waals surface area contributed by atoms with Gasteiger partial charge in [-0.15, -0.1) is 0 Å². The van der Waals surface area contributed by atoms with Gasteiger partial charge in [0.05, 0.1) is 4.90 Å². The lowest BCUT2D eigenvalue weighted by Gasteiger charge is -2.08. The number of aromatic nitrogens is 1. The number of amides is 1. The van der Waals surface area contributed by atoms with Crippen LogP contribution in [0.2, 0.25) is 0 Å². The van der Waals surface area contributed by atoms with Crippen molar-refractivity contribution in [2.24, 2.45) is 7.05 Å². The Morgan fingerprint density at radius 2 is 1.80 bits per heavy atom. The summed E-state index contributed by atoms with van der Waals surface area (Å²) in [6.45, 7) is 2.32. The van der Waals surface area contributed by atoms with Crippen molar-refractivity contribution in [1.29, 1.82) is 0 Å². The van der Waals surface area contributed by atoms with Gasteiger partial charge in [-0.25, -0.2) is 13.1 Å². The van der Waals surface area contributed by atoms with E-state index in [1.165, 1.54) is 10.6 Å². The number of hydrogen-bond donors (Lipinski definition) is 2. The minimum absolute atomic E-state index is 0.0604. The topological polar surface area (TPSA) is 97.3 Å². The molecule has 134 valence electrons. The molecule has 1 amide bonds. The number of sulfonamides is 1. The first-order valence-corrected chi connectivity index (χ1v) is 9.30. The van der Waals surface area contributed by atoms with Gasteiger partial charge >= 0.3 is 0 Å². The SMILES string of the molecule is Cc1ccc(S(=O)(=O)NCCCNC(=O)c2cccn(C)c2=O)cc1. The van der Waals surface area contributed by atoms with Gasteiger partial charge in [-0.1, -0.05) is 17.7 Å². The predicted octanol–water partition coefficient (Wildman–Crippen LogP) is 0.792. The van der Waals surface area contributed by atoms with E-state index in [0.29, 0.717) is 6.42 Å². The summed E-state index contributed by atoms with van der Waals surface area (Å²) in [5.74, 6) is -0.470. The van der Waals surface area contributed by atoms with E-state index >= 15 is 0 Å². The Kier molecular flexibility index (Phi) is 6.11. The van der Waals surface area contributed by atoms with E-state index in [2.05, 4.69) is 10.0 Å². The summed E-state index contributed by atoms with van der Waals surface area (Å²) >= 11 is 0. The molecule has 0 atom stereocenters. The Morgan fingerprint density at radius 1 is 1.12 bits per heavy atom. The van der Waals surface area contributed by atoms with Crippen molar-refractivity contribution >= 4 is 15.9 Å². The summed E-state index contributed by atoms with van der Waals surface area (Å²) in [7, 11) is -1.99. The molecule has 2 aromatic rings. The Labute approximate surface area is 146 Å². The Bertz CT molecular complexity index is 902.